The van der Waals surface area contributed by atoms with Crippen molar-refractivity contribution in [2.24, 2.45) is 0 Å². The van der Waals surface area contributed by atoms with Crippen LogP contribution in [0.4, 0.5) is 11.6 Å². The molecule has 1 aliphatic rings. The zero-order chi connectivity index (χ0) is 19.9. The highest BCUT2D eigenvalue weighted by Crippen LogP contribution is 2.38. The van der Waals surface area contributed by atoms with E-state index in [4.69, 9.17) is 11.6 Å². The Morgan fingerprint density at radius 2 is 2.18 bits per heavy atom. The molecular weight excluding hydrogens is 416 g/mol. The van der Waals surface area contributed by atoms with Crippen LogP contribution in [0.3, 0.4) is 0 Å². The number of nitrogens with zero attached hydrogens (tertiary/aromatic N) is 3. The van der Waals surface area contributed by atoms with Crippen molar-refractivity contribution in [1.82, 2.24) is 20.3 Å². The van der Waals surface area contributed by atoms with Crippen LogP contribution in [0, 0.1) is 13.5 Å². The van der Waals surface area contributed by atoms with Crippen LogP contribution in [0.25, 0.3) is 27.0 Å². The van der Waals surface area contributed by atoms with E-state index in [-0.39, 0.29) is 5.54 Å². The maximum Gasteiger partial charge on any atom is 0.223 e. The summed E-state index contributed by atoms with van der Waals surface area (Å²) in [4.78, 5) is 16.2. The van der Waals surface area contributed by atoms with Gasteiger partial charge in [-0.3, -0.25) is 0 Å². The average molecular weight is 439 g/mol. The van der Waals surface area contributed by atoms with E-state index < -0.39 is 0 Å². The summed E-state index contributed by atoms with van der Waals surface area (Å²) >= 11 is 3.54. The van der Waals surface area contributed by atoms with E-state index in [0.29, 0.717) is 17.7 Å². The topological polar surface area (TPSA) is 70.0 Å². The highest BCUT2D eigenvalue weighted by atomic mass is 79.9. The van der Waals surface area contributed by atoms with Gasteiger partial charge < -0.3 is 15.6 Å². The zero-order valence-electron chi connectivity index (χ0n) is 16.2. The van der Waals surface area contributed by atoms with Crippen LogP contribution in [0.2, 0.25) is 0 Å². The van der Waals surface area contributed by atoms with Gasteiger partial charge in [-0.15, -0.1) is 0 Å². The molecule has 1 aromatic carbocycles. The van der Waals surface area contributed by atoms with Gasteiger partial charge in [-0.1, -0.05) is 28.1 Å². The summed E-state index contributed by atoms with van der Waals surface area (Å²) in [6.07, 6.45) is 6.02. The number of piperidine rings is 1. The lowest BCUT2D eigenvalue weighted by atomic mass is 9.91. The Morgan fingerprint density at radius 1 is 1.36 bits per heavy atom. The van der Waals surface area contributed by atoms with Crippen molar-refractivity contribution in [3.05, 3.63) is 46.0 Å². The first-order chi connectivity index (χ1) is 13.4. The highest BCUT2D eigenvalue weighted by Gasteiger charge is 2.26. The summed E-state index contributed by atoms with van der Waals surface area (Å²) in [7, 11) is 0. The second kappa shape index (κ2) is 7.19. The van der Waals surface area contributed by atoms with Crippen molar-refractivity contribution < 1.29 is 0 Å². The van der Waals surface area contributed by atoms with E-state index >= 15 is 0 Å². The Kier molecular flexibility index (Phi) is 4.86. The van der Waals surface area contributed by atoms with Crippen molar-refractivity contribution >= 4 is 38.5 Å². The van der Waals surface area contributed by atoms with Crippen molar-refractivity contribution in [2.45, 2.75) is 45.2 Å². The number of aryl methyl sites for hydroxylation is 1. The molecule has 144 valence electrons. The van der Waals surface area contributed by atoms with Gasteiger partial charge >= 0.3 is 0 Å². The van der Waals surface area contributed by atoms with E-state index in [9.17, 15) is 0 Å². The number of fused-ring (bicyclic) bond motifs is 1. The third-order valence-corrected chi connectivity index (χ3v) is 6.20. The second-order valence-electron chi connectivity index (χ2n) is 8.01. The summed E-state index contributed by atoms with van der Waals surface area (Å²) in [6.45, 7) is 14.7. The fraction of sp³-hybridized carbons (Fsp3) is 0.381. The molecule has 7 heteroatoms. The van der Waals surface area contributed by atoms with Crippen LogP contribution in [0.5, 0.6) is 0 Å². The maximum absolute atomic E-state index is 7.29. The molecule has 0 bridgehead atoms. The van der Waals surface area contributed by atoms with Crippen LogP contribution in [0.15, 0.2) is 29.0 Å². The molecule has 4 rings (SSSR count). The molecule has 0 radical (unpaired) electrons. The number of benzene rings is 1. The second-order valence-corrected chi connectivity index (χ2v) is 8.80. The normalized spacial score (nSPS) is 18.8. The molecule has 2 aromatic heterocycles. The quantitative estimate of drug-likeness (QED) is 0.492. The smallest absolute Gasteiger partial charge is 0.223 e. The van der Waals surface area contributed by atoms with Gasteiger partial charge in [0.2, 0.25) is 11.6 Å². The first-order valence-corrected chi connectivity index (χ1v) is 10.2. The predicted octanol–water partition coefficient (Wildman–Crippen LogP) is 5.19. The van der Waals surface area contributed by atoms with Crippen LogP contribution in [-0.4, -0.2) is 33.1 Å². The van der Waals surface area contributed by atoms with Gasteiger partial charge in [0.05, 0.1) is 12.3 Å². The molecule has 0 unspecified atom stereocenters. The molecule has 3 N–H and O–H groups in total. The Hall–Kier alpha value is -2.43. The summed E-state index contributed by atoms with van der Waals surface area (Å²) in [5, 5.41) is 8.09. The Labute approximate surface area is 173 Å². The molecule has 0 spiro atoms. The van der Waals surface area contributed by atoms with E-state index in [1.807, 2.05) is 31.5 Å². The molecular formula is C21H23BrN6. The van der Waals surface area contributed by atoms with Crippen molar-refractivity contribution in [3.63, 3.8) is 0 Å². The molecule has 1 fully saturated rings. The number of nitrogens with one attached hydrogen (secondary N) is 3. The van der Waals surface area contributed by atoms with E-state index in [1.54, 1.807) is 0 Å². The lowest BCUT2D eigenvalue weighted by Crippen LogP contribution is -2.50. The largest absolute Gasteiger partial charge is 0.361 e. The van der Waals surface area contributed by atoms with Crippen LogP contribution in [-0.2, 0) is 0 Å². The number of hydrogen-bond donors (Lipinski definition) is 3. The average Bonchev–Trinajstić information content (AvgIpc) is 3.10. The van der Waals surface area contributed by atoms with Gasteiger partial charge in [0.25, 0.3) is 0 Å². The molecule has 28 heavy (non-hydrogen) atoms. The number of halogens is 1. The van der Waals surface area contributed by atoms with Crippen molar-refractivity contribution in [3.8, 4) is 11.3 Å². The number of hydrogen-bond acceptors (Lipinski definition) is 4. The molecule has 0 aliphatic carbocycles. The van der Waals surface area contributed by atoms with Crippen molar-refractivity contribution in [1.29, 1.82) is 0 Å². The maximum atomic E-state index is 7.29. The fourth-order valence-electron chi connectivity index (χ4n) is 3.65. The number of rotatable bonds is 3. The van der Waals surface area contributed by atoms with E-state index in [0.717, 1.165) is 51.6 Å². The van der Waals surface area contributed by atoms with Gasteiger partial charge in [0, 0.05) is 51.5 Å². The summed E-state index contributed by atoms with van der Waals surface area (Å²) in [5.74, 6) is 0.651. The third-order valence-electron chi connectivity index (χ3n) is 5.40. The van der Waals surface area contributed by atoms with Gasteiger partial charge in [0.1, 0.15) is 0 Å². The fourth-order valence-corrected chi connectivity index (χ4v) is 4.20. The number of H-pyrrole nitrogens is 1. The van der Waals surface area contributed by atoms with Crippen LogP contribution >= 0.6 is 15.9 Å². The third kappa shape index (κ3) is 3.50. The van der Waals surface area contributed by atoms with E-state index in [1.165, 1.54) is 0 Å². The molecule has 3 heterocycles. The Balaban J connectivity index is 1.66. The first-order valence-electron chi connectivity index (χ1n) is 9.40. The van der Waals surface area contributed by atoms with Gasteiger partial charge in [0.15, 0.2) is 0 Å². The summed E-state index contributed by atoms with van der Waals surface area (Å²) in [6, 6.07) is 4.13. The SMILES string of the molecule is [C-]#[N+]c1ccc2c(-c3nc(N[C@H]4CCC(C)(C)NC4)ncc3C)c[nH]c2c1Br. The van der Waals surface area contributed by atoms with Gasteiger partial charge in [-0.2, -0.15) is 0 Å². The molecule has 6 nitrogen and oxygen atoms in total. The number of anilines is 1. The number of aromatic nitrogens is 3. The molecule has 1 atom stereocenters. The predicted molar refractivity (Wildman–Crippen MR) is 117 cm³/mol. The molecule has 0 saturated carbocycles. The Bertz CT molecular complexity index is 1070. The summed E-state index contributed by atoms with van der Waals surface area (Å²) < 4.78 is 0.784. The highest BCUT2D eigenvalue weighted by molar-refractivity contribution is 9.10. The van der Waals surface area contributed by atoms with Gasteiger partial charge in [-0.25, -0.2) is 14.8 Å². The van der Waals surface area contributed by atoms with Crippen LogP contribution < -0.4 is 10.6 Å². The monoisotopic (exact) mass is 438 g/mol. The van der Waals surface area contributed by atoms with Crippen molar-refractivity contribution in [2.75, 3.05) is 11.9 Å². The molecule has 1 aliphatic heterocycles. The minimum absolute atomic E-state index is 0.194. The lowest BCUT2D eigenvalue weighted by Gasteiger charge is -2.36. The Morgan fingerprint density at radius 3 is 2.89 bits per heavy atom. The minimum Gasteiger partial charge on any atom is -0.361 e. The standard InChI is InChI=1S/C21H23BrN6/c1-12-9-25-20(27-13-7-8-21(2,3)26-10-13)28-18(12)15-11-24-19-14(15)5-6-16(23-4)17(19)22/h5-6,9,11,13,24,26H,7-8,10H2,1-3H3,(H,25,27,28)/t13-/m0/s1. The molecule has 0 amide bonds. The first kappa shape index (κ1) is 18.9. The zero-order valence-corrected chi connectivity index (χ0v) is 17.8. The lowest BCUT2D eigenvalue weighted by molar-refractivity contribution is 0.289. The van der Waals surface area contributed by atoms with E-state index in [2.05, 4.69) is 55.2 Å². The van der Waals surface area contributed by atoms with Crippen LogP contribution in [0.1, 0.15) is 32.3 Å². The summed E-state index contributed by atoms with van der Waals surface area (Å²) in [5.41, 5.74) is 4.62. The minimum atomic E-state index is 0.194. The molecule has 3 aromatic rings. The number of aromatic amines is 1. The van der Waals surface area contributed by atoms with Gasteiger partial charge in [-0.05, 0) is 39.2 Å². The molecule has 1 saturated heterocycles.